The van der Waals surface area contributed by atoms with E-state index >= 15 is 0 Å². The van der Waals surface area contributed by atoms with Gasteiger partial charge < -0.3 is 15.0 Å². The zero-order valence-electron chi connectivity index (χ0n) is 10.7. The molecule has 0 aliphatic heterocycles. The molecule has 0 spiro atoms. The van der Waals surface area contributed by atoms with Gasteiger partial charge in [-0.05, 0) is 18.2 Å². The van der Waals surface area contributed by atoms with Crippen LogP contribution in [-0.4, -0.2) is 15.6 Å². The van der Waals surface area contributed by atoms with Crippen molar-refractivity contribution >= 4 is 44.9 Å². The van der Waals surface area contributed by atoms with Gasteiger partial charge in [-0.2, -0.15) is 4.39 Å². The second-order valence-electron chi connectivity index (χ2n) is 4.20. The molecule has 2 rings (SSSR count). The molecule has 5 nitrogen and oxygen atoms in total. The number of aromatic carboxylic acids is 1. The van der Waals surface area contributed by atoms with E-state index in [1.54, 1.807) is 12.1 Å². The highest BCUT2D eigenvalue weighted by molar-refractivity contribution is 9.10. The molecule has 0 bridgehead atoms. The van der Waals surface area contributed by atoms with Gasteiger partial charge in [0.2, 0.25) is 5.82 Å². The standard InChI is InChI=1S/C13H9BrClFN2O3/c1-18-5-7(13(20)21)11(10(16)12(18)19)17-9-3-2-6(14)4-8(9)15/h2-5,17H,1H3,(H,20,21). The van der Waals surface area contributed by atoms with E-state index in [0.29, 0.717) is 4.47 Å². The number of nitrogens with zero attached hydrogens (tertiary/aromatic N) is 1. The maximum atomic E-state index is 14.1. The molecule has 1 aromatic carbocycles. The molecule has 0 fully saturated rings. The number of carbonyl (C=O) groups is 1. The summed E-state index contributed by atoms with van der Waals surface area (Å²) in [7, 11) is 1.27. The number of pyridine rings is 1. The molecule has 110 valence electrons. The second-order valence-corrected chi connectivity index (χ2v) is 5.53. The molecule has 0 atom stereocenters. The van der Waals surface area contributed by atoms with Crippen molar-refractivity contribution in [2.45, 2.75) is 0 Å². The van der Waals surface area contributed by atoms with Gasteiger partial charge in [-0.1, -0.05) is 27.5 Å². The monoisotopic (exact) mass is 374 g/mol. The van der Waals surface area contributed by atoms with Crippen LogP contribution in [0.4, 0.5) is 15.8 Å². The molecule has 1 aromatic heterocycles. The van der Waals surface area contributed by atoms with E-state index in [1.807, 2.05) is 0 Å². The molecule has 21 heavy (non-hydrogen) atoms. The number of rotatable bonds is 3. The van der Waals surface area contributed by atoms with E-state index in [9.17, 15) is 14.0 Å². The molecule has 2 N–H and O–H groups in total. The number of carboxylic acids is 1. The molecule has 2 aromatic rings. The molecular weight excluding hydrogens is 367 g/mol. The smallest absolute Gasteiger partial charge is 0.339 e. The summed E-state index contributed by atoms with van der Waals surface area (Å²) in [5.41, 5.74) is -1.44. The third kappa shape index (κ3) is 3.08. The highest BCUT2D eigenvalue weighted by Crippen LogP contribution is 2.30. The quantitative estimate of drug-likeness (QED) is 0.863. The van der Waals surface area contributed by atoms with Crippen molar-refractivity contribution in [3.05, 3.63) is 55.6 Å². The van der Waals surface area contributed by atoms with Crippen LogP contribution in [0.25, 0.3) is 0 Å². The van der Waals surface area contributed by atoms with Gasteiger partial charge in [-0.3, -0.25) is 4.79 Å². The first-order valence-electron chi connectivity index (χ1n) is 5.65. The lowest BCUT2D eigenvalue weighted by atomic mass is 10.2. The highest BCUT2D eigenvalue weighted by atomic mass is 79.9. The molecule has 0 aliphatic carbocycles. The van der Waals surface area contributed by atoms with E-state index in [1.165, 1.54) is 13.1 Å². The zero-order chi connectivity index (χ0) is 15.7. The van der Waals surface area contributed by atoms with E-state index in [2.05, 4.69) is 21.2 Å². The Kier molecular flexibility index (Phi) is 4.34. The Morgan fingerprint density at radius 2 is 2.14 bits per heavy atom. The van der Waals surface area contributed by atoms with Crippen molar-refractivity contribution in [2.24, 2.45) is 7.05 Å². The minimum Gasteiger partial charge on any atom is -0.478 e. The molecule has 0 saturated heterocycles. The number of anilines is 2. The summed E-state index contributed by atoms with van der Waals surface area (Å²) in [5, 5.41) is 11.9. The van der Waals surface area contributed by atoms with Gasteiger partial charge in [-0.25, -0.2) is 4.79 Å². The third-order valence-corrected chi connectivity index (χ3v) is 3.55. The second kappa shape index (κ2) is 5.87. The molecular formula is C13H9BrClFN2O3. The Morgan fingerprint density at radius 1 is 1.48 bits per heavy atom. The predicted octanol–water partition coefficient (Wildman–Crippen LogP) is 3.38. The average molecular weight is 376 g/mol. The van der Waals surface area contributed by atoms with Crippen LogP contribution >= 0.6 is 27.5 Å². The number of halogens is 3. The normalized spacial score (nSPS) is 10.5. The summed E-state index contributed by atoms with van der Waals surface area (Å²) in [4.78, 5) is 22.8. The van der Waals surface area contributed by atoms with E-state index in [-0.39, 0.29) is 16.3 Å². The minimum atomic E-state index is -1.36. The van der Waals surface area contributed by atoms with Crippen molar-refractivity contribution in [3.8, 4) is 0 Å². The van der Waals surface area contributed by atoms with Crippen LogP contribution < -0.4 is 10.9 Å². The van der Waals surface area contributed by atoms with Crippen LogP contribution in [0, 0.1) is 5.82 Å². The number of hydrogen-bond acceptors (Lipinski definition) is 3. The average Bonchev–Trinajstić information content (AvgIpc) is 2.41. The van der Waals surface area contributed by atoms with Crippen molar-refractivity contribution in [1.82, 2.24) is 4.57 Å². The Labute approximate surface area is 132 Å². The van der Waals surface area contributed by atoms with E-state index in [4.69, 9.17) is 16.7 Å². The Morgan fingerprint density at radius 3 is 2.71 bits per heavy atom. The van der Waals surface area contributed by atoms with Crippen molar-refractivity contribution in [3.63, 3.8) is 0 Å². The maximum Gasteiger partial charge on any atom is 0.339 e. The lowest BCUT2D eigenvalue weighted by Crippen LogP contribution is -2.24. The fourth-order valence-electron chi connectivity index (χ4n) is 1.71. The lowest BCUT2D eigenvalue weighted by Gasteiger charge is -2.13. The Hall–Kier alpha value is -1.86. The van der Waals surface area contributed by atoms with Gasteiger partial charge in [-0.15, -0.1) is 0 Å². The number of aryl methyl sites for hydroxylation is 1. The van der Waals surface area contributed by atoms with E-state index in [0.717, 1.165) is 10.8 Å². The fourth-order valence-corrected chi connectivity index (χ4v) is 2.43. The first-order chi connectivity index (χ1) is 9.81. The molecule has 0 aliphatic rings. The summed E-state index contributed by atoms with van der Waals surface area (Å²) in [5.74, 6) is -2.54. The maximum absolute atomic E-state index is 14.1. The van der Waals surface area contributed by atoms with E-state index < -0.39 is 23.0 Å². The summed E-state index contributed by atoms with van der Waals surface area (Å²) < 4.78 is 15.6. The number of aromatic nitrogens is 1. The SMILES string of the molecule is Cn1cc(C(=O)O)c(Nc2ccc(Br)cc2Cl)c(F)c1=O. The highest BCUT2D eigenvalue weighted by Gasteiger charge is 2.20. The number of carboxylic acid groups (broad SMARTS) is 1. The van der Waals surface area contributed by atoms with Crippen LogP contribution in [0.3, 0.4) is 0 Å². The summed E-state index contributed by atoms with van der Waals surface area (Å²) in [6.45, 7) is 0. The summed E-state index contributed by atoms with van der Waals surface area (Å²) in [6, 6.07) is 4.74. The molecule has 1 heterocycles. The van der Waals surface area contributed by atoms with Gasteiger partial charge in [0.15, 0.2) is 0 Å². The summed E-state index contributed by atoms with van der Waals surface area (Å²) in [6.07, 6.45) is 1.04. The number of hydrogen-bond donors (Lipinski definition) is 2. The van der Waals surface area contributed by atoms with Crippen LogP contribution in [0.15, 0.2) is 33.7 Å². The topological polar surface area (TPSA) is 71.3 Å². The van der Waals surface area contributed by atoms with Crippen LogP contribution in [0.2, 0.25) is 5.02 Å². The number of nitrogens with one attached hydrogen (secondary N) is 1. The van der Waals surface area contributed by atoms with Crippen LogP contribution in [0.1, 0.15) is 10.4 Å². The van der Waals surface area contributed by atoms with Crippen molar-refractivity contribution < 1.29 is 14.3 Å². The molecule has 0 radical (unpaired) electrons. The van der Waals surface area contributed by atoms with Crippen molar-refractivity contribution in [2.75, 3.05) is 5.32 Å². The third-order valence-electron chi connectivity index (χ3n) is 2.74. The molecule has 0 unspecified atom stereocenters. The van der Waals surface area contributed by atoms with Crippen LogP contribution in [0.5, 0.6) is 0 Å². The zero-order valence-corrected chi connectivity index (χ0v) is 13.0. The lowest BCUT2D eigenvalue weighted by molar-refractivity contribution is 0.0696. The first kappa shape index (κ1) is 15.5. The summed E-state index contributed by atoms with van der Waals surface area (Å²) >= 11 is 9.21. The van der Waals surface area contributed by atoms with Crippen molar-refractivity contribution in [1.29, 1.82) is 0 Å². The predicted molar refractivity (Wildman–Crippen MR) is 81.0 cm³/mol. The van der Waals surface area contributed by atoms with Gasteiger partial charge in [0.05, 0.1) is 16.4 Å². The fraction of sp³-hybridized carbons (Fsp3) is 0.0769. The van der Waals surface area contributed by atoms with Crippen LogP contribution in [-0.2, 0) is 7.05 Å². The largest absolute Gasteiger partial charge is 0.478 e. The number of benzene rings is 1. The Bertz CT molecular complexity index is 792. The van der Waals surface area contributed by atoms with Gasteiger partial charge in [0.1, 0.15) is 5.56 Å². The first-order valence-corrected chi connectivity index (χ1v) is 6.83. The van der Waals surface area contributed by atoms with Gasteiger partial charge >= 0.3 is 5.97 Å². The molecule has 8 heteroatoms. The molecule has 0 amide bonds. The Balaban J connectivity index is 2.60. The minimum absolute atomic E-state index is 0.251. The van der Waals surface area contributed by atoms with Gasteiger partial charge in [0, 0.05) is 17.7 Å². The molecule has 0 saturated carbocycles. The van der Waals surface area contributed by atoms with Gasteiger partial charge in [0.25, 0.3) is 5.56 Å².